The van der Waals surface area contributed by atoms with E-state index in [1.807, 2.05) is 24.3 Å². The van der Waals surface area contributed by atoms with E-state index in [9.17, 15) is 0 Å². The highest BCUT2D eigenvalue weighted by atomic mass is 16.5. The SMILES string of the molecule is CCCc1ccc(C(N)COc2ccc(C)cc2)cc1. The third kappa shape index (κ3) is 4.10. The second-order valence-electron chi connectivity index (χ2n) is 5.22. The predicted octanol–water partition coefficient (Wildman–Crippen LogP) is 4.03. The average molecular weight is 269 g/mol. The second kappa shape index (κ2) is 7.11. The molecule has 0 saturated carbocycles. The number of hydrogen-bond acceptors (Lipinski definition) is 2. The molecule has 1 unspecified atom stereocenters. The fourth-order valence-electron chi connectivity index (χ4n) is 2.14. The Morgan fingerprint density at radius 2 is 1.65 bits per heavy atom. The summed E-state index contributed by atoms with van der Waals surface area (Å²) >= 11 is 0. The molecule has 0 spiro atoms. The van der Waals surface area contributed by atoms with E-state index < -0.39 is 0 Å². The van der Waals surface area contributed by atoms with Gasteiger partial charge in [-0.25, -0.2) is 0 Å². The van der Waals surface area contributed by atoms with E-state index >= 15 is 0 Å². The molecule has 0 bridgehead atoms. The van der Waals surface area contributed by atoms with Gasteiger partial charge < -0.3 is 10.5 Å². The van der Waals surface area contributed by atoms with Crippen molar-refractivity contribution >= 4 is 0 Å². The van der Waals surface area contributed by atoms with Crippen molar-refractivity contribution in [2.75, 3.05) is 6.61 Å². The first kappa shape index (κ1) is 14.6. The second-order valence-corrected chi connectivity index (χ2v) is 5.22. The molecule has 0 aliphatic carbocycles. The molecule has 2 nitrogen and oxygen atoms in total. The van der Waals surface area contributed by atoms with Gasteiger partial charge >= 0.3 is 0 Å². The number of nitrogens with two attached hydrogens (primary N) is 1. The predicted molar refractivity (Wildman–Crippen MR) is 84.0 cm³/mol. The third-order valence-electron chi connectivity index (χ3n) is 3.40. The van der Waals surface area contributed by atoms with Crippen LogP contribution in [0.1, 0.15) is 36.1 Å². The molecule has 0 aliphatic rings. The minimum Gasteiger partial charge on any atom is -0.492 e. The van der Waals surface area contributed by atoms with E-state index in [-0.39, 0.29) is 6.04 Å². The van der Waals surface area contributed by atoms with E-state index in [4.69, 9.17) is 10.5 Å². The fraction of sp³-hybridized carbons (Fsp3) is 0.333. The lowest BCUT2D eigenvalue weighted by atomic mass is 10.0. The van der Waals surface area contributed by atoms with Gasteiger partial charge in [-0.05, 0) is 36.6 Å². The lowest BCUT2D eigenvalue weighted by Gasteiger charge is -2.14. The summed E-state index contributed by atoms with van der Waals surface area (Å²) < 4.78 is 5.73. The van der Waals surface area contributed by atoms with E-state index in [1.165, 1.54) is 17.5 Å². The maximum Gasteiger partial charge on any atom is 0.119 e. The smallest absolute Gasteiger partial charge is 0.119 e. The molecule has 0 amide bonds. The van der Waals surface area contributed by atoms with Crippen LogP contribution in [0.2, 0.25) is 0 Å². The van der Waals surface area contributed by atoms with Crippen molar-refractivity contribution in [3.63, 3.8) is 0 Å². The van der Waals surface area contributed by atoms with Crippen LogP contribution >= 0.6 is 0 Å². The molecule has 0 aromatic heterocycles. The highest BCUT2D eigenvalue weighted by Gasteiger charge is 2.07. The minimum atomic E-state index is -0.0908. The molecule has 1 atom stereocenters. The number of ether oxygens (including phenoxy) is 1. The Morgan fingerprint density at radius 1 is 1.00 bits per heavy atom. The quantitative estimate of drug-likeness (QED) is 0.859. The molecule has 2 heteroatoms. The number of rotatable bonds is 6. The zero-order valence-corrected chi connectivity index (χ0v) is 12.3. The molecule has 2 aromatic carbocycles. The maximum absolute atomic E-state index is 6.17. The van der Waals surface area contributed by atoms with Crippen LogP contribution in [0.25, 0.3) is 0 Å². The van der Waals surface area contributed by atoms with Gasteiger partial charge in [0.2, 0.25) is 0 Å². The molecular weight excluding hydrogens is 246 g/mol. The van der Waals surface area contributed by atoms with Crippen molar-refractivity contribution in [1.82, 2.24) is 0 Å². The highest BCUT2D eigenvalue weighted by Crippen LogP contribution is 2.16. The number of benzene rings is 2. The van der Waals surface area contributed by atoms with Gasteiger partial charge in [0.05, 0.1) is 6.04 Å². The molecule has 0 saturated heterocycles. The first-order valence-electron chi connectivity index (χ1n) is 7.23. The van der Waals surface area contributed by atoms with Gasteiger partial charge in [-0.2, -0.15) is 0 Å². The van der Waals surface area contributed by atoms with E-state index in [2.05, 4.69) is 38.1 Å². The van der Waals surface area contributed by atoms with Crippen LogP contribution in [-0.2, 0) is 6.42 Å². The van der Waals surface area contributed by atoms with Crippen molar-refractivity contribution in [3.05, 3.63) is 65.2 Å². The van der Waals surface area contributed by atoms with Crippen molar-refractivity contribution in [1.29, 1.82) is 0 Å². The number of aryl methyl sites for hydroxylation is 2. The zero-order chi connectivity index (χ0) is 14.4. The Morgan fingerprint density at radius 3 is 2.25 bits per heavy atom. The Bertz CT molecular complexity index is 516. The average Bonchev–Trinajstić information content (AvgIpc) is 2.47. The lowest BCUT2D eigenvalue weighted by Crippen LogP contribution is -2.19. The minimum absolute atomic E-state index is 0.0908. The van der Waals surface area contributed by atoms with Gasteiger partial charge in [0, 0.05) is 0 Å². The van der Waals surface area contributed by atoms with Gasteiger partial charge in [0.25, 0.3) is 0 Å². The monoisotopic (exact) mass is 269 g/mol. The summed E-state index contributed by atoms with van der Waals surface area (Å²) in [7, 11) is 0. The van der Waals surface area contributed by atoms with Crippen LogP contribution < -0.4 is 10.5 Å². The van der Waals surface area contributed by atoms with Gasteiger partial charge in [0.15, 0.2) is 0 Å². The van der Waals surface area contributed by atoms with Crippen LogP contribution in [0, 0.1) is 6.92 Å². The van der Waals surface area contributed by atoms with E-state index in [0.29, 0.717) is 6.61 Å². The summed E-state index contributed by atoms with van der Waals surface area (Å²) in [5, 5.41) is 0. The Hall–Kier alpha value is -1.80. The maximum atomic E-state index is 6.17. The summed E-state index contributed by atoms with van der Waals surface area (Å²) in [6.45, 7) is 4.75. The normalized spacial score (nSPS) is 12.2. The first-order valence-corrected chi connectivity index (χ1v) is 7.23. The zero-order valence-electron chi connectivity index (χ0n) is 12.3. The van der Waals surface area contributed by atoms with Crippen molar-refractivity contribution in [2.45, 2.75) is 32.7 Å². The molecule has 2 N–H and O–H groups in total. The van der Waals surface area contributed by atoms with Crippen molar-refractivity contribution in [3.8, 4) is 5.75 Å². The Labute approximate surface area is 121 Å². The Balaban J connectivity index is 1.90. The van der Waals surface area contributed by atoms with Crippen LogP contribution in [0.4, 0.5) is 0 Å². The van der Waals surface area contributed by atoms with Crippen LogP contribution in [0.5, 0.6) is 5.75 Å². The largest absolute Gasteiger partial charge is 0.492 e. The molecule has 106 valence electrons. The molecule has 2 rings (SSSR count). The third-order valence-corrected chi connectivity index (χ3v) is 3.40. The Kier molecular flexibility index (Phi) is 5.19. The summed E-state index contributed by atoms with van der Waals surface area (Å²) in [6.07, 6.45) is 2.29. The topological polar surface area (TPSA) is 35.2 Å². The highest BCUT2D eigenvalue weighted by molar-refractivity contribution is 5.27. The van der Waals surface area contributed by atoms with Gasteiger partial charge in [0.1, 0.15) is 12.4 Å². The standard InChI is InChI=1S/C18H23NO/c1-3-4-15-7-9-16(10-8-15)18(19)13-20-17-11-5-14(2)6-12-17/h5-12,18H,3-4,13,19H2,1-2H3. The van der Waals surface area contributed by atoms with Crippen molar-refractivity contribution in [2.24, 2.45) is 5.73 Å². The molecule has 20 heavy (non-hydrogen) atoms. The molecule has 0 aliphatic heterocycles. The van der Waals surface area contributed by atoms with Crippen LogP contribution in [-0.4, -0.2) is 6.61 Å². The van der Waals surface area contributed by atoms with E-state index in [0.717, 1.165) is 17.7 Å². The van der Waals surface area contributed by atoms with Crippen molar-refractivity contribution < 1.29 is 4.74 Å². The van der Waals surface area contributed by atoms with Gasteiger partial charge in [-0.1, -0.05) is 55.3 Å². The molecule has 0 radical (unpaired) electrons. The first-order chi connectivity index (χ1) is 9.69. The summed E-state index contributed by atoms with van der Waals surface area (Å²) in [5.74, 6) is 0.869. The molecular formula is C18H23NO. The van der Waals surface area contributed by atoms with Crippen LogP contribution in [0.3, 0.4) is 0 Å². The van der Waals surface area contributed by atoms with Gasteiger partial charge in [-0.3, -0.25) is 0 Å². The van der Waals surface area contributed by atoms with Gasteiger partial charge in [-0.15, -0.1) is 0 Å². The summed E-state index contributed by atoms with van der Waals surface area (Å²) in [5.41, 5.74) is 9.89. The lowest BCUT2D eigenvalue weighted by molar-refractivity contribution is 0.290. The van der Waals surface area contributed by atoms with E-state index in [1.54, 1.807) is 0 Å². The number of hydrogen-bond donors (Lipinski definition) is 1. The molecule has 0 heterocycles. The fourth-order valence-corrected chi connectivity index (χ4v) is 2.14. The molecule has 0 fully saturated rings. The summed E-state index contributed by atoms with van der Waals surface area (Å²) in [4.78, 5) is 0. The van der Waals surface area contributed by atoms with Crippen LogP contribution in [0.15, 0.2) is 48.5 Å². The summed E-state index contributed by atoms with van der Waals surface area (Å²) in [6, 6.07) is 16.5. The molecule has 2 aromatic rings.